The summed E-state index contributed by atoms with van der Waals surface area (Å²) in [6, 6.07) is 8.17. The highest BCUT2D eigenvalue weighted by atomic mass is 16.5. The molecular weight excluding hydrogens is 236 g/mol. The number of likely N-dealkylation sites (tertiary alicyclic amines) is 1. The maximum absolute atomic E-state index is 11.7. The first kappa shape index (κ1) is 12.3. The molecule has 1 heterocycles. The lowest BCUT2D eigenvalue weighted by Gasteiger charge is -2.10. The number of carbonyl (C=O) groups excluding carboxylic acids is 3. The molecule has 0 spiro atoms. The Hall–Kier alpha value is -2.21. The van der Waals surface area contributed by atoms with Gasteiger partial charge in [0.15, 0.2) is 0 Å². The zero-order valence-corrected chi connectivity index (χ0v) is 9.54. The minimum atomic E-state index is -1.06. The molecule has 0 saturated carbocycles. The molecule has 0 radical (unpaired) electrons. The third-order valence-electron chi connectivity index (χ3n) is 2.62. The lowest BCUT2D eigenvalue weighted by atomic mass is 10.2. The number of benzene rings is 1. The van der Waals surface area contributed by atoms with Gasteiger partial charge in [-0.25, -0.2) is 4.79 Å². The van der Waals surface area contributed by atoms with Crippen LogP contribution in [0.15, 0.2) is 30.3 Å². The summed E-state index contributed by atoms with van der Waals surface area (Å²) in [4.78, 5) is 34.3. The number of rotatable bonds is 3. The molecule has 0 aliphatic carbocycles. The molecule has 6 nitrogen and oxygen atoms in total. The van der Waals surface area contributed by atoms with Crippen LogP contribution in [-0.2, 0) is 20.9 Å². The molecule has 0 aromatic heterocycles. The van der Waals surface area contributed by atoms with Gasteiger partial charge in [0, 0.05) is 0 Å². The molecular formula is C12H12N2O4. The predicted octanol–water partition coefficient (Wildman–Crippen LogP) is 0.409. The summed E-state index contributed by atoms with van der Waals surface area (Å²) < 4.78 is 5.33. The van der Waals surface area contributed by atoms with E-state index >= 15 is 0 Å². The van der Waals surface area contributed by atoms with E-state index in [0.29, 0.717) is 4.90 Å². The molecule has 1 fully saturated rings. The number of nitrogens with zero attached hydrogens (tertiary/aromatic N) is 1. The third-order valence-corrected chi connectivity index (χ3v) is 2.62. The number of hydrogen-bond donors (Lipinski definition) is 1. The van der Waals surface area contributed by atoms with E-state index < -0.39 is 23.9 Å². The molecule has 0 bridgehead atoms. The van der Waals surface area contributed by atoms with Crippen LogP contribution in [0.1, 0.15) is 12.0 Å². The predicted molar refractivity (Wildman–Crippen MR) is 61.1 cm³/mol. The van der Waals surface area contributed by atoms with Crippen molar-refractivity contribution in [2.75, 3.05) is 0 Å². The fourth-order valence-corrected chi connectivity index (χ4v) is 1.74. The summed E-state index contributed by atoms with van der Waals surface area (Å²) >= 11 is 0. The molecule has 1 aliphatic rings. The van der Waals surface area contributed by atoms with Gasteiger partial charge in [-0.3, -0.25) is 9.59 Å². The van der Waals surface area contributed by atoms with Gasteiger partial charge in [-0.2, -0.15) is 4.90 Å². The van der Waals surface area contributed by atoms with Gasteiger partial charge in [0.1, 0.15) is 6.10 Å². The molecule has 1 unspecified atom stereocenters. The maximum Gasteiger partial charge on any atom is 0.328 e. The summed E-state index contributed by atoms with van der Waals surface area (Å²) in [7, 11) is 0. The van der Waals surface area contributed by atoms with Crippen LogP contribution in [0.3, 0.4) is 0 Å². The Morgan fingerprint density at radius 2 is 2.00 bits per heavy atom. The van der Waals surface area contributed by atoms with Crippen LogP contribution in [0.25, 0.3) is 0 Å². The van der Waals surface area contributed by atoms with Crippen molar-refractivity contribution in [3.8, 4) is 0 Å². The molecule has 6 heteroatoms. The Bertz CT molecular complexity index is 486. The first-order chi connectivity index (χ1) is 8.59. The normalized spacial score (nSPS) is 19.3. The quantitative estimate of drug-likeness (QED) is 0.784. The van der Waals surface area contributed by atoms with E-state index in [2.05, 4.69) is 0 Å². The summed E-state index contributed by atoms with van der Waals surface area (Å²) in [6.45, 7) is 0.205. The minimum Gasteiger partial charge on any atom is -0.363 e. The highest BCUT2D eigenvalue weighted by Crippen LogP contribution is 2.17. The Balaban J connectivity index is 1.98. The molecule has 94 valence electrons. The van der Waals surface area contributed by atoms with Crippen LogP contribution >= 0.6 is 0 Å². The van der Waals surface area contributed by atoms with Gasteiger partial charge < -0.3 is 10.5 Å². The molecule has 4 amide bonds. The van der Waals surface area contributed by atoms with E-state index in [4.69, 9.17) is 10.5 Å². The van der Waals surface area contributed by atoms with Crippen molar-refractivity contribution in [2.24, 2.45) is 5.73 Å². The van der Waals surface area contributed by atoms with Crippen molar-refractivity contribution < 1.29 is 19.1 Å². The second-order valence-electron chi connectivity index (χ2n) is 3.89. The average molecular weight is 248 g/mol. The summed E-state index contributed by atoms with van der Waals surface area (Å²) in [5.41, 5.74) is 5.82. The summed E-state index contributed by atoms with van der Waals surface area (Å²) in [6.07, 6.45) is -1.07. The van der Waals surface area contributed by atoms with Gasteiger partial charge in [0.05, 0.1) is 13.0 Å². The highest BCUT2D eigenvalue weighted by Gasteiger charge is 2.42. The SMILES string of the molecule is NC(=O)N1C(=O)CC(OCc2ccccc2)C1=O. The number of hydrogen-bond acceptors (Lipinski definition) is 4. The van der Waals surface area contributed by atoms with Crippen molar-refractivity contribution in [3.05, 3.63) is 35.9 Å². The van der Waals surface area contributed by atoms with Crippen molar-refractivity contribution in [2.45, 2.75) is 19.1 Å². The summed E-state index contributed by atoms with van der Waals surface area (Å²) in [5, 5.41) is 0. The second kappa shape index (κ2) is 4.97. The fraction of sp³-hybridized carbons (Fsp3) is 0.250. The van der Waals surface area contributed by atoms with Crippen LogP contribution in [-0.4, -0.2) is 28.8 Å². The van der Waals surface area contributed by atoms with Crippen molar-refractivity contribution >= 4 is 17.8 Å². The monoisotopic (exact) mass is 248 g/mol. The average Bonchev–Trinajstić information content (AvgIpc) is 2.63. The third kappa shape index (κ3) is 2.38. The molecule has 1 aromatic rings. The second-order valence-corrected chi connectivity index (χ2v) is 3.89. The van der Waals surface area contributed by atoms with Gasteiger partial charge >= 0.3 is 6.03 Å². The molecule has 2 N–H and O–H groups in total. The number of carbonyl (C=O) groups is 3. The lowest BCUT2D eigenvalue weighted by molar-refractivity contribution is -0.138. The molecule has 1 saturated heterocycles. The van der Waals surface area contributed by atoms with Crippen LogP contribution in [0.4, 0.5) is 4.79 Å². The number of urea groups is 1. The number of nitrogens with two attached hydrogens (primary N) is 1. The van der Waals surface area contributed by atoms with Gasteiger partial charge in [-0.15, -0.1) is 0 Å². The van der Waals surface area contributed by atoms with Gasteiger partial charge in [-0.1, -0.05) is 30.3 Å². The van der Waals surface area contributed by atoms with Crippen molar-refractivity contribution in [3.63, 3.8) is 0 Å². The minimum absolute atomic E-state index is 0.144. The van der Waals surface area contributed by atoms with Crippen LogP contribution < -0.4 is 5.73 Å². The number of primary amides is 1. The largest absolute Gasteiger partial charge is 0.363 e. The molecule has 18 heavy (non-hydrogen) atoms. The number of ether oxygens (including phenoxy) is 1. The Morgan fingerprint density at radius 1 is 1.33 bits per heavy atom. The lowest BCUT2D eigenvalue weighted by Crippen LogP contribution is -2.41. The first-order valence-corrected chi connectivity index (χ1v) is 5.41. The molecule has 1 aliphatic heterocycles. The Morgan fingerprint density at radius 3 is 2.56 bits per heavy atom. The van der Waals surface area contributed by atoms with E-state index in [1.54, 1.807) is 0 Å². The number of imide groups is 3. The number of amides is 4. The standard InChI is InChI=1S/C12H12N2O4/c13-12(17)14-10(15)6-9(11(14)16)18-7-8-4-2-1-3-5-8/h1-5,9H,6-7H2,(H2,13,17). The Kier molecular flexibility index (Phi) is 3.38. The van der Waals surface area contributed by atoms with E-state index in [0.717, 1.165) is 5.56 Å². The smallest absolute Gasteiger partial charge is 0.328 e. The fourth-order valence-electron chi connectivity index (χ4n) is 1.74. The van der Waals surface area contributed by atoms with E-state index in [9.17, 15) is 14.4 Å². The molecule has 2 rings (SSSR count). The van der Waals surface area contributed by atoms with E-state index in [1.165, 1.54) is 0 Å². The van der Waals surface area contributed by atoms with Crippen LogP contribution in [0.2, 0.25) is 0 Å². The molecule has 1 aromatic carbocycles. The van der Waals surface area contributed by atoms with Crippen molar-refractivity contribution in [1.29, 1.82) is 0 Å². The summed E-state index contributed by atoms with van der Waals surface area (Å²) in [5.74, 6) is -1.31. The van der Waals surface area contributed by atoms with Gasteiger partial charge in [-0.05, 0) is 5.56 Å². The van der Waals surface area contributed by atoms with Crippen LogP contribution in [0.5, 0.6) is 0 Å². The highest BCUT2D eigenvalue weighted by molar-refractivity contribution is 6.16. The van der Waals surface area contributed by atoms with Crippen molar-refractivity contribution in [1.82, 2.24) is 4.90 Å². The van der Waals surface area contributed by atoms with Crippen LogP contribution in [0, 0.1) is 0 Å². The van der Waals surface area contributed by atoms with Gasteiger partial charge in [0.25, 0.3) is 5.91 Å². The Labute approximate surface area is 103 Å². The topological polar surface area (TPSA) is 89.7 Å². The molecule has 1 atom stereocenters. The zero-order chi connectivity index (χ0) is 13.1. The zero-order valence-electron chi connectivity index (χ0n) is 9.54. The maximum atomic E-state index is 11.7. The van der Waals surface area contributed by atoms with E-state index in [1.807, 2.05) is 30.3 Å². The van der Waals surface area contributed by atoms with Gasteiger partial charge in [0.2, 0.25) is 5.91 Å². The van der Waals surface area contributed by atoms with E-state index in [-0.39, 0.29) is 13.0 Å². The first-order valence-electron chi connectivity index (χ1n) is 5.41.